The molecule has 4 aliphatic rings. The summed E-state index contributed by atoms with van der Waals surface area (Å²) in [5.74, 6) is 0.339. The second-order valence-corrected chi connectivity index (χ2v) is 11.3. The van der Waals surface area contributed by atoms with E-state index in [4.69, 9.17) is 9.72 Å². The number of hydrogen-bond donors (Lipinski definition) is 0. The number of aromatic nitrogens is 4. The zero-order valence-electron chi connectivity index (χ0n) is 23.6. The van der Waals surface area contributed by atoms with E-state index in [0.717, 1.165) is 26.2 Å². The van der Waals surface area contributed by atoms with Crippen LogP contribution in [0, 0.1) is 0 Å². The number of amides is 2. The number of piperazine rings is 1. The van der Waals surface area contributed by atoms with Gasteiger partial charge in [0.2, 0.25) is 5.95 Å². The third-order valence-electron chi connectivity index (χ3n) is 8.72. The van der Waals surface area contributed by atoms with E-state index in [1.165, 1.54) is 0 Å². The Kier molecular flexibility index (Phi) is 6.97. The highest BCUT2D eigenvalue weighted by Crippen LogP contribution is 2.39. The van der Waals surface area contributed by atoms with Gasteiger partial charge < -0.3 is 28.9 Å². The van der Waals surface area contributed by atoms with E-state index in [-0.39, 0.29) is 23.3 Å². The van der Waals surface area contributed by atoms with Crippen molar-refractivity contribution >= 4 is 23.1 Å². The van der Waals surface area contributed by atoms with Crippen LogP contribution in [0.1, 0.15) is 24.6 Å². The van der Waals surface area contributed by atoms with Crippen LogP contribution in [0.25, 0.3) is 11.2 Å². The number of urea groups is 1. The van der Waals surface area contributed by atoms with E-state index >= 15 is 8.78 Å². The first kappa shape index (κ1) is 27.1. The van der Waals surface area contributed by atoms with Gasteiger partial charge in [0, 0.05) is 58.4 Å². The van der Waals surface area contributed by atoms with Crippen molar-refractivity contribution in [2.45, 2.75) is 31.0 Å². The maximum absolute atomic E-state index is 15.0. The van der Waals surface area contributed by atoms with Crippen LogP contribution in [0.15, 0.2) is 40.6 Å². The summed E-state index contributed by atoms with van der Waals surface area (Å²) in [5.41, 5.74) is -1.47. The van der Waals surface area contributed by atoms with Gasteiger partial charge in [-0.2, -0.15) is 4.98 Å². The first-order chi connectivity index (χ1) is 20.4. The topological polar surface area (TPSA) is 108 Å². The smallest absolute Gasteiger partial charge is 0.320 e. The maximum Gasteiger partial charge on any atom is 0.320 e. The number of nitrogens with zero attached hydrogens (tertiary/aromatic N) is 10. The quantitative estimate of drug-likeness (QED) is 0.454. The molecule has 0 atom stereocenters. The molecular weight excluding hydrogens is 546 g/mol. The monoisotopic (exact) mass is 580 g/mol. The van der Waals surface area contributed by atoms with Crippen LogP contribution in [0.5, 0.6) is 0 Å². The van der Waals surface area contributed by atoms with E-state index in [2.05, 4.69) is 31.9 Å². The minimum atomic E-state index is -2.95. The van der Waals surface area contributed by atoms with E-state index < -0.39 is 12.1 Å². The Hall–Kier alpha value is -3.78. The van der Waals surface area contributed by atoms with Crippen molar-refractivity contribution in [3.63, 3.8) is 0 Å². The number of rotatable bonds is 4. The third kappa shape index (κ3) is 4.66. The molecule has 3 aromatic rings. The number of carbonyl (C=O) groups excluding carboxylic acids is 1. The van der Waals surface area contributed by atoms with Crippen molar-refractivity contribution in [3.8, 4) is 0 Å². The van der Waals surface area contributed by atoms with Gasteiger partial charge in [0.05, 0.1) is 30.3 Å². The lowest BCUT2D eigenvalue weighted by molar-refractivity contribution is 0.0557. The second-order valence-electron chi connectivity index (χ2n) is 11.3. The van der Waals surface area contributed by atoms with Gasteiger partial charge in [-0.25, -0.2) is 33.5 Å². The van der Waals surface area contributed by atoms with Crippen LogP contribution >= 0.6 is 0 Å². The van der Waals surface area contributed by atoms with Crippen molar-refractivity contribution in [1.82, 2.24) is 34.2 Å². The molecule has 0 bridgehead atoms. The number of fused-ring (bicyclic) bond motifs is 2. The molecule has 1 aromatic carbocycles. The molecule has 0 unspecified atom stereocenters. The Morgan fingerprint density at radius 2 is 1.57 bits per heavy atom. The molecule has 6 heterocycles. The molecule has 2 amide bonds. The fourth-order valence-electron chi connectivity index (χ4n) is 6.22. The van der Waals surface area contributed by atoms with E-state index in [0.29, 0.717) is 74.5 Å². The van der Waals surface area contributed by atoms with Crippen molar-refractivity contribution in [3.05, 3.63) is 47.0 Å². The molecule has 0 N–H and O–H groups in total. The summed E-state index contributed by atoms with van der Waals surface area (Å²) < 4.78 is 37.6. The van der Waals surface area contributed by atoms with E-state index in [1.807, 2.05) is 19.3 Å². The van der Waals surface area contributed by atoms with Gasteiger partial charge >= 0.3 is 6.03 Å². The molecule has 42 heavy (non-hydrogen) atoms. The number of ether oxygens (including phenoxy) is 1. The first-order valence-electron chi connectivity index (χ1n) is 14.6. The number of likely N-dealkylation sites (tertiary alicyclic amines) is 1. The van der Waals surface area contributed by atoms with Gasteiger partial charge in [-0.15, -0.1) is 0 Å². The Morgan fingerprint density at radius 3 is 2.21 bits per heavy atom. The Labute approximate surface area is 241 Å². The Morgan fingerprint density at radius 1 is 0.929 bits per heavy atom. The summed E-state index contributed by atoms with van der Waals surface area (Å²) in [6, 6.07) is 6.95. The van der Waals surface area contributed by atoms with Gasteiger partial charge in [0.15, 0.2) is 5.65 Å². The average molecular weight is 581 g/mol. The molecule has 3 fully saturated rings. The number of benzene rings is 1. The van der Waals surface area contributed by atoms with Gasteiger partial charge in [-0.05, 0) is 32.0 Å². The van der Waals surface area contributed by atoms with Crippen LogP contribution < -0.4 is 15.6 Å². The predicted octanol–water partition coefficient (Wildman–Crippen LogP) is 1.04. The molecule has 2 aromatic heterocycles. The van der Waals surface area contributed by atoms with Crippen LogP contribution in [-0.4, -0.2) is 119 Å². The average Bonchev–Trinajstić information content (AvgIpc) is 3.64. The van der Waals surface area contributed by atoms with Crippen LogP contribution in [0.4, 0.5) is 19.5 Å². The lowest BCUT2D eigenvalue weighted by Crippen LogP contribution is -2.53. The normalized spacial score (nSPS) is 21.5. The lowest BCUT2D eigenvalue weighted by Gasteiger charge is -2.39. The summed E-state index contributed by atoms with van der Waals surface area (Å²) in [6.45, 7) is 6.50. The first-order valence-corrected chi connectivity index (χ1v) is 14.6. The summed E-state index contributed by atoms with van der Waals surface area (Å²) in [6.07, 6.45) is 0.124. The standard InChI is InChI=1S/C28H34F2N10O2/c1-36-10-12-39(13-11-36)27(41)38-8-6-19(7-9-38)40-18-31-22-23(32-26(33-24(22)40)37-14-16-42-17-15-37)28(25(29)30)34-20-4-2-3-5-21(20)35-28/h2-5,18-19,25H,6-17H2,1H3. The Balaban J connectivity index is 1.24. The van der Waals surface area contributed by atoms with Crippen molar-refractivity contribution < 1.29 is 18.3 Å². The molecule has 12 nitrogen and oxygen atoms in total. The van der Waals surface area contributed by atoms with Gasteiger partial charge in [-0.1, -0.05) is 12.1 Å². The molecule has 0 radical (unpaired) electrons. The number of halogens is 2. The van der Waals surface area contributed by atoms with E-state index in [1.54, 1.807) is 30.6 Å². The number of alkyl halides is 2. The summed E-state index contributed by atoms with van der Waals surface area (Å²) >= 11 is 0. The molecule has 0 aliphatic carbocycles. The summed E-state index contributed by atoms with van der Waals surface area (Å²) in [5, 5.41) is 0.795. The highest BCUT2D eigenvalue weighted by Gasteiger charge is 2.48. The largest absolute Gasteiger partial charge is 0.378 e. The number of para-hydroxylation sites is 2. The number of piperidine rings is 1. The molecule has 0 saturated carbocycles. The number of morpholine rings is 1. The number of anilines is 1. The molecule has 7 rings (SSSR count). The number of likely N-dealkylation sites (N-methyl/N-ethyl adjacent to an activating group) is 1. The maximum atomic E-state index is 15.0. The van der Waals surface area contributed by atoms with Gasteiger partial charge in [-0.3, -0.25) is 0 Å². The molecule has 3 saturated heterocycles. The molecule has 4 aliphatic heterocycles. The molecular formula is C28H34F2N10O2. The SMILES string of the molecule is CN1CCN(C(=O)N2CCC(n3cnc4c(C5(C(F)F)N=c6ccccc6=N5)nc(N5CCOCC5)nc43)CC2)CC1. The summed E-state index contributed by atoms with van der Waals surface area (Å²) in [7, 11) is 2.07. The Bertz CT molecular complexity index is 1560. The second kappa shape index (κ2) is 10.8. The summed E-state index contributed by atoms with van der Waals surface area (Å²) in [4.78, 5) is 44.2. The molecule has 14 heteroatoms. The van der Waals surface area contributed by atoms with Gasteiger partial charge in [0.1, 0.15) is 11.2 Å². The van der Waals surface area contributed by atoms with Crippen LogP contribution in [0.2, 0.25) is 0 Å². The van der Waals surface area contributed by atoms with E-state index in [9.17, 15) is 4.79 Å². The number of hydrogen-bond acceptors (Lipinski definition) is 9. The highest BCUT2D eigenvalue weighted by atomic mass is 19.3. The number of carbonyl (C=O) groups is 1. The fraction of sp³-hybridized carbons (Fsp3) is 0.571. The molecule has 0 spiro atoms. The zero-order chi connectivity index (χ0) is 28.8. The van der Waals surface area contributed by atoms with Crippen molar-refractivity contribution in [2.75, 3.05) is 77.5 Å². The fourth-order valence-corrected chi connectivity index (χ4v) is 6.22. The van der Waals surface area contributed by atoms with Crippen LogP contribution in [-0.2, 0) is 10.4 Å². The van der Waals surface area contributed by atoms with Crippen LogP contribution in [0.3, 0.4) is 0 Å². The van der Waals surface area contributed by atoms with Crippen molar-refractivity contribution in [1.29, 1.82) is 0 Å². The zero-order valence-corrected chi connectivity index (χ0v) is 23.6. The molecule has 222 valence electrons. The lowest BCUT2D eigenvalue weighted by atomic mass is 10.0. The van der Waals surface area contributed by atoms with Gasteiger partial charge in [0.25, 0.3) is 12.1 Å². The minimum absolute atomic E-state index is 0.00150. The third-order valence-corrected chi connectivity index (χ3v) is 8.72. The number of imidazole rings is 1. The highest BCUT2D eigenvalue weighted by molar-refractivity contribution is 5.77. The van der Waals surface area contributed by atoms with Crippen molar-refractivity contribution in [2.24, 2.45) is 9.98 Å². The minimum Gasteiger partial charge on any atom is -0.378 e. The predicted molar refractivity (Wildman–Crippen MR) is 149 cm³/mol.